The zero-order valence-electron chi connectivity index (χ0n) is 10.5. The van der Waals surface area contributed by atoms with Crippen molar-refractivity contribution in [1.82, 2.24) is 9.97 Å². The lowest BCUT2D eigenvalue weighted by atomic mass is 10.1. The van der Waals surface area contributed by atoms with E-state index in [-0.39, 0.29) is 5.97 Å². The largest absolute Gasteiger partial charge is 0.481 e. The van der Waals surface area contributed by atoms with E-state index in [2.05, 4.69) is 9.97 Å². The fourth-order valence-corrected chi connectivity index (χ4v) is 1.72. The van der Waals surface area contributed by atoms with Gasteiger partial charge in [-0.3, -0.25) is 0 Å². The van der Waals surface area contributed by atoms with Gasteiger partial charge in [0.05, 0.1) is 19.4 Å². The zero-order chi connectivity index (χ0) is 13.0. The highest BCUT2D eigenvalue weighted by atomic mass is 16.5. The van der Waals surface area contributed by atoms with Crippen LogP contribution in [0.5, 0.6) is 5.88 Å². The maximum absolute atomic E-state index is 11.5. The summed E-state index contributed by atoms with van der Waals surface area (Å²) in [5.41, 5.74) is 1.64. The van der Waals surface area contributed by atoms with Crippen LogP contribution in [0, 0.1) is 5.92 Å². The second kappa shape index (κ2) is 5.62. The van der Waals surface area contributed by atoms with Gasteiger partial charge >= 0.3 is 5.97 Å². The van der Waals surface area contributed by atoms with E-state index in [0.29, 0.717) is 18.4 Å². The maximum Gasteiger partial charge on any atom is 0.331 e. The Morgan fingerprint density at radius 3 is 2.89 bits per heavy atom. The van der Waals surface area contributed by atoms with Crippen LogP contribution in [0.25, 0.3) is 5.57 Å². The molecule has 0 amide bonds. The standard InChI is InChI=1S/C13H16N2O3/c1-3-18-13(16)6-10(9-4-5-9)11-7-12(17-2)15-8-14-11/h6-9H,3-5H2,1-2H3/b10-6-. The van der Waals surface area contributed by atoms with Gasteiger partial charge < -0.3 is 9.47 Å². The molecule has 0 N–H and O–H groups in total. The number of rotatable bonds is 5. The summed E-state index contributed by atoms with van der Waals surface area (Å²) in [4.78, 5) is 19.7. The van der Waals surface area contributed by atoms with Gasteiger partial charge in [0.25, 0.3) is 0 Å². The molecule has 1 aromatic heterocycles. The van der Waals surface area contributed by atoms with Crippen molar-refractivity contribution in [3.05, 3.63) is 24.2 Å². The minimum Gasteiger partial charge on any atom is -0.481 e. The molecule has 0 bridgehead atoms. The van der Waals surface area contributed by atoms with E-state index in [1.807, 2.05) is 0 Å². The van der Waals surface area contributed by atoms with Crippen molar-refractivity contribution in [1.29, 1.82) is 0 Å². The van der Waals surface area contributed by atoms with Gasteiger partial charge in [0.2, 0.25) is 5.88 Å². The Labute approximate surface area is 106 Å². The molecular weight excluding hydrogens is 232 g/mol. The van der Waals surface area contributed by atoms with Gasteiger partial charge in [0.15, 0.2) is 0 Å². The number of carbonyl (C=O) groups is 1. The summed E-state index contributed by atoms with van der Waals surface area (Å²) in [5.74, 6) is 0.571. The number of carbonyl (C=O) groups excluding carboxylic acids is 1. The molecule has 0 atom stereocenters. The summed E-state index contributed by atoms with van der Waals surface area (Å²) in [6.45, 7) is 2.16. The van der Waals surface area contributed by atoms with Crippen molar-refractivity contribution in [2.75, 3.05) is 13.7 Å². The van der Waals surface area contributed by atoms with Crippen LogP contribution in [0.15, 0.2) is 18.5 Å². The van der Waals surface area contributed by atoms with Crippen LogP contribution < -0.4 is 4.74 Å². The molecule has 1 aliphatic rings. The molecule has 0 spiro atoms. The number of esters is 1. The van der Waals surface area contributed by atoms with Crippen molar-refractivity contribution in [2.24, 2.45) is 5.92 Å². The van der Waals surface area contributed by atoms with Gasteiger partial charge in [-0.15, -0.1) is 0 Å². The Morgan fingerprint density at radius 2 is 2.28 bits per heavy atom. The average molecular weight is 248 g/mol. The Morgan fingerprint density at radius 1 is 1.50 bits per heavy atom. The molecule has 1 saturated carbocycles. The molecule has 1 fully saturated rings. The summed E-state index contributed by atoms with van der Waals surface area (Å²) in [7, 11) is 1.55. The lowest BCUT2D eigenvalue weighted by molar-refractivity contribution is -0.137. The number of allylic oxidation sites excluding steroid dienone is 1. The van der Waals surface area contributed by atoms with E-state index in [9.17, 15) is 4.79 Å². The van der Waals surface area contributed by atoms with E-state index in [1.165, 1.54) is 12.4 Å². The first-order chi connectivity index (χ1) is 8.74. The molecule has 1 heterocycles. The molecule has 2 rings (SSSR count). The van der Waals surface area contributed by atoms with Gasteiger partial charge in [0, 0.05) is 12.1 Å². The van der Waals surface area contributed by atoms with Crippen molar-refractivity contribution < 1.29 is 14.3 Å². The Balaban J connectivity index is 2.26. The van der Waals surface area contributed by atoms with Gasteiger partial charge in [-0.1, -0.05) is 0 Å². The third-order valence-electron chi connectivity index (χ3n) is 2.72. The van der Waals surface area contributed by atoms with Crippen LogP contribution in [0.4, 0.5) is 0 Å². The van der Waals surface area contributed by atoms with Gasteiger partial charge in [-0.25, -0.2) is 14.8 Å². The van der Waals surface area contributed by atoms with Crippen molar-refractivity contribution in [2.45, 2.75) is 19.8 Å². The predicted octanol–water partition coefficient (Wildman–Crippen LogP) is 1.84. The molecule has 5 nitrogen and oxygen atoms in total. The molecule has 0 radical (unpaired) electrons. The molecule has 1 aliphatic carbocycles. The fourth-order valence-electron chi connectivity index (χ4n) is 1.72. The summed E-state index contributed by atoms with van der Waals surface area (Å²) in [6.07, 6.45) is 5.13. The summed E-state index contributed by atoms with van der Waals surface area (Å²) >= 11 is 0. The molecule has 0 saturated heterocycles. The molecule has 0 unspecified atom stereocenters. The van der Waals surface area contributed by atoms with E-state index < -0.39 is 0 Å². The van der Waals surface area contributed by atoms with Crippen molar-refractivity contribution in [3.8, 4) is 5.88 Å². The van der Waals surface area contributed by atoms with Crippen LogP contribution in [-0.2, 0) is 9.53 Å². The lowest BCUT2D eigenvalue weighted by Gasteiger charge is -2.06. The SMILES string of the molecule is CCOC(=O)/C=C(\c1cc(OC)ncn1)C1CC1. The minimum absolute atomic E-state index is 0.322. The first-order valence-electron chi connectivity index (χ1n) is 5.99. The van der Waals surface area contributed by atoms with Crippen LogP contribution in [0.2, 0.25) is 0 Å². The molecule has 5 heteroatoms. The highest BCUT2D eigenvalue weighted by Crippen LogP contribution is 2.41. The quantitative estimate of drug-likeness (QED) is 0.587. The Kier molecular flexibility index (Phi) is 3.92. The minimum atomic E-state index is -0.322. The summed E-state index contributed by atoms with van der Waals surface area (Å²) in [6, 6.07) is 1.74. The van der Waals surface area contributed by atoms with Crippen molar-refractivity contribution >= 4 is 11.5 Å². The first-order valence-corrected chi connectivity index (χ1v) is 5.99. The number of ether oxygens (including phenoxy) is 2. The number of hydrogen-bond acceptors (Lipinski definition) is 5. The number of hydrogen-bond donors (Lipinski definition) is 0. The van der Waals surface area contributed by atoms with Crippen LogP contribution in [0.1, 0.15) is 25.5 Å². The van der Waals surface area contributed by atoms with Crippen LogP contribution >= 0.6 is 0 Å². The molecule has 18 heavy (non-hydrogen) atoms. The third-order valence-corrected chi connectivity index (χ3v) is 2.72. The van der Waals surface area contributed by atoms with E-state index in [1.54, 1.807) is 20.1 Å². The zero-order valence-corrected chi connectivity index (χ0v) is 10.5. The third kappa shape index (κ3) is 3.06. The normalized spacial score (nSPS) is 15.3. The van der Waals surface area contributed by atoms with Gasteiger partial charge in [-0.05, 0) is 31.3 Å². The van der Waals surface area contributed by atoms with E-state index in [0.717, 1.165) is 24.1 Å². The molecule has 0 aliphatic heterocycles. The lowest BCUT2D eigenvalue weighted by Crippen LogP contribution is -2.03. The number of methoxy groups -OCH3 is 1. The number of nitrogens with zero attached hydrogens (tertiary/aromatic N) is 2. The van der Waals surface area contributed by atoms with Gasteiger partial charge in [-0.2, -0.15) is 0 Å². The smallest absolute Gasteiger partial charge is 0.331 e. The average Bonchev–Trinajstić information content (AvgIpc) is 3.20. The second-order valence-corrected chi connectivity index (χ2v) is 4.07. The Hall–Kier alpha value is -1.91. The van der Waals surface area contributed by atoms with Crippen LogP contribution in [-0.4, -0.2) is 29.7 Å². The second-order valence-electron chi connectivity index (χ2n) is 4.07. The van der Waals surface area contributed by atoms with Crippen LogP contribution in [0.3, 0.4) is 0 Å². The predicted molar refractivity (Wildman–Crippen MR) is 65.9 cm³/mol. The molecule has 0 aromatic carbocycles. The van der Waals surface area contributed by atoms with E-state index >= 15 is 0 Å². The number of aromatic nitrogens is 2. The maximum atomic E-state index is 11.5. The summed E-state index contributed by atoms with van der Waals surface area (Å²) in [5, 5.41) is 0. The monoisotopic (exact) mass is 248 g/mol. The highest BCUT2D eigenvalue weighted by Gasteiger charge is 2.28. The van der Waals surface area contributed by atoms with Gasteiger partial charge in [0.1, 0.15) is 6.33 Å². The highest BCUT2D eigenvalue weighted by molar-refractivity contribution is 5.91. The first kappa shape index (κ1) is 12.5. The molecular formula is C13H16N2O3. The topological polar surface area (TPSA) is 61.3 Å². The fraction of sp³-hybridized carbons (Fsp3) is 0.462. The Bertz CT molecular complexity index is 467. The van der Waals surface area contributed by atoms with Crippen molar-refractivity contribution in [3.63, 3.8) is 0 Å². The molecule has 1 aromatic rings. The van der Waals surface area contributed by atoms with E-state index in [4.69, 9.17) is 9.47 Å². The molecule has 96 valence electrons. The summed E-state index contributed by atoms with van der Waals surface area (Å²) < 4.78 is 10.0.